The first-order valence-corrected chi connectivity index (χ1v) is 5.66. The van der Waals surface area contributed by atoms with Crippen molar-refractivity contribution in [2.24, 2.45) is 0 Å². The highest BCUT2D eigenvalue weighted by atomic mass is 16.3. The molecule has 0 radical (unpaired) electrons. The van der Waals surface area contributed by atoms with Crippen LogP contribution in [-0.4, -0.2) is 17.8 Å². The average Bonchev–Trinajstić information content (AvgIpc) is 2.21. The lowest BCUT2D eigenvalue weighted by molar-refractivity contribution is 0.160. The Bertz CT molecular complexity index is 268. The topological polar surface area (TPSA) is 32.3 Å². The van der Waals surface area contributed by atoms with Gasteiger partial charge >= 0.3 is 0 Å². The number of aliphatic hydroxyl groups excluding tert-OH is 1. The minimum atomic E-state index is -0.208. The molecule has 1 atom stereocenters. The first kappa shape index (κ1) is 12.2. The quantitative estimate of drug-likeness (QED) is 0.750. The van der Waals surface area contributed by atoms with Gasteiger partial charge in [0.25, 0.3) is 0 Å². The predicted octanol–water partition coefficient (Wildman–Crippen LogP) is 2.25. The molecule has 1 aromatic rings. The van der Waals surface area contributed by atoms with Crippen molar-refractivity contribution in [1.29, 1.82) is 0 Å². The number of aryl methyl sites for hydroxylation is 1. The maximum Gasteiger partial charge on any atom is 0.0664 e. The van der Waals surface area contributed by atoms with Gasteiger partial charge in [-0.2, -0.15) is 0 Å². The van der Waals surface area contributed by atoms with E-state index in [1.165, 1.54) is 11.1 Å². The van der Waals surface area contributed by atoms with Gasteiger partial charge in [-0.1, -0.05) is 43.2 Å². The van der Waals surface area contributed by atoms with Crippen molar-refractivity contribution in [3.05, 3.63) is 35.4 Å². The standard InChI is InChI=1S/C13H21NO/c1-3-4-13(15)10-14-9-12-7-5-11(2)6-8-12/h5-8,13-15H,3-4,9-10H2,1-2H3. The molecule has 0 amide bonds. The van der Waals surface area contributed by atoms with Crippen LogP contribution in [-0.2, 0) is 6.54 Å². The van der Waals surface area contributed by atoms with Crippen LogP contribution in [0.3, 0.4) is 0 Å². The van der Waals surface area contributed by atoms with E-state index in [-0.39, 0.29) is 6.10 Å². The fraction of sp³-hybridized carbons (Fsp3) is 0.538. The van der Waals surface area contributed by atoms with Crippen LogP contribution in [0.2, 0.25) is 0 Å². The summed E-state index contributed by atoms with van der Waals surface area (Å²) in [5.41, 5.74) is 2.55. The second kappa shape index (κ2) is 6.59. The average molecular weight is 207 g/mol. The minimum absolute atomic E-state index is 0.208. The Labute approximate surface area is 92.3 Å². The molecule has 0 heterocycles. The van der Waals surface area contributed by atoms with Crippen molar-refractivity contribution in [2.75, 3.05) is 6.54 Å². The van der Waals surface area contributed by atoms with Gasteiger partial charge in [-0.25, -0.2) is 0 Å². The molecule has 1 aromatic carbocycles. The molecular weight excluding hydrogens is 186 g/mol. The largest absolute Gasteiger partial charge is 0.392 e. The van der Waals surface area contributed by atoms with Crippen LogP contribution >= 0.6 is 0 Å². The van der Waals surface area contributed by atoms with Gasteiger partial charge < -0.3 is 10.4 Å². The van der Waals surface area contributed by atoms with E-state index in [0.29, 0.717) is 6.54 Å². The van der Waals surface area contributed by atoms with Gasteiger partial charge in [-0.15, -0.1) is 0 Å². The molecular formula is C13H21NO. The van der Waals surface area contributed by atoms with Gasteiger partial charge in [0.05, 0.1) is 6.10 Å². The SMILES string of the molecule is CCCC(O)CNCc1ccc(C)cc1. The van der Waals surface area contributed by atoms with E-state index in [9.17, 15) is 5.11 Å². The molecule has 1 unspecified atom stereocenters. The number of hydrogen-bond acceptors (Lipinski definition) is 2. The summed E-state index contributed by atoms with van der Waals surface area (Å²) in [6.07, 6.45) is 1.70. The molecule has 84 valence electrons. The Morgan fingerprint density at radius 3 is 2.53 bits per heavy atom. The van der Waals surface area contributed by atoms with Crippen LogP contribution in [0.25, 0.3) is 0 Å². The van der Waals surface area contributed by atoms with Gasteiger partial charge in [-0.05, 0) is 18.9 Å². The highest BCUT2D eigenvalue weighted by Gasteiger charge is 2.01. The summed E-state index contributed by atoms with van der Waals surface area (Å²) in [6.45, 7) is 5.69. The molecule has 0 fully saturated rings. The summed E-state index contributed by atoms with van der Waals surface area (Å²) < 4.78 is 0. The third kappa shape index (κ3) is 4.96. The lowest BCUT2D eigenvalue weighted by Crippen LogP contribution is -2.26. The molecule has 1 rings (SSSR count). The van der Waals surface area contributed by atoms with Crippen LogP contribution in [0.15, 0.2) is 24.3 Å². The lowest BCUT2D eigenvalue weighted by atomic mass is 10.1. The van der Waals surface area contributed by atoms with Crippen molar-refractivity contribution in [2.45, 2.75) is 39.3 Å². The van der Waals surface area contributed by atoms with E-state index in [4.69, 9.17) is 0 Å². The Balaban J connectivity index is 2.22. The van der Waals surface area contributed by atoms with E-state index in [1.54, 1.807) is 0 Å². The highest BCUT2D eigenvalue weighted by Crippen LogP contribution is 2.02. The molecule has 0 aliphatic heterocycles. The normalized spacial score (nSPS) is 12.7. The Kier molecular flexibility index (Phi) is 5.37. The molecule has 15 heavy (non-hydrogen) atoms. The smallest absolute Gasteiger partial charge is 0.0664 e. The van der Waals surface area contributed by atoms with Gasteiger partial charge in [0.2, 0.25) is 0 Å². The summed E-state index contributed by atoms with van der Waals surface area (Å²) in [6, 6.07) is 8.46. The molecule has 0 aliphatic carbocycles. The second-order valence-electron chi connectivity index (χ2n) is 4.06. The Hall–Kier alpha value is -0.860. The van der Waals surface area contributed by atoms with Crippen LogP contribution < -0.4 is 5.32 Å². The van der Waals surface area contributed by atoms with Gasteiger partial charge in [0, 0.05) is 13.1 Å². The maximum absolute atomic E-state index is 9.51. The zero-order chi connectivity index (χ0) is 11.1. The Morgan fingerprint density at radius 2 is 1.93 bits per heavy atom. The number of nitrogens with one attached hydrogen (secondary N) is 1. The van der Waals surface area contributed by atoms with Crippen LogP contribution in [0.5, 0.6) is 0 Å². The van der Waals surface area contributed by atoms with Gasteiger partial charge in [0.1, 0.15) is 0 Å². The number of rotatable bonds is 6. The molecule has 0 aromatic heterocycles. The minimum Gasteiger partial charge on any atom is -0.392 e. The summed E-state index contributed by atoms with van der Waals surface area (Å²) in [7, 11) is 0. The molecule has 0 saturated carbocycles. The maximum atomic E-state index is 9.51. The zero-order valence-electron chi connectivity index (χ0n) is 9.66. The number of benzene rings is 1. The van der Waals surface area contributed by atoms with E-state index < -0.39 is 0 Å². The molecule has 2 N–H and O–H groups in total. The fourth-order valence-electron chi connectivity index (χ4n) is 1.52. The van der Waals surface area contributed by atoms with Gasteiger partial charge in [-0.3, -0.25) is 0 Å². The summed E-state index contributed by atoms with van der Waals surface area (Å²) >= 11 is 0. The van der Waals surface area contributed by atoms with E-state index in [2.05, 4.69) is 43.4 Å². The van der Waals surface area contributed by atoms with Crippen molar-refractivity contribution >= 4 is 0 Å². The molecule has 0 saturated heterocycles. The third-order valence-corrected chi connectivity index (χ3v) is 2.45. The second-order valence-corrected chi connectivity index (χ2v) is 4.06. The van der Waals surface area contributed by atoms with Crippen molar-refractivity contribution in [1.82, 2.24) is 5.32 Å². The van der Waals surface area contributed by atoms with Crippen molar-refractivity contribution in [3.8, 4) is 0 Å². The molecule has 0 bridgehead atoms. The third-order valence-electron chi connectivity index (χ3n) is 2.45. The number of hydrogen-bond donors (Lipinski definition) is 2. The first-order valence-electron chi connectivity index (χ1n) is 5.66. The summed E-state index contributed by atoms with van der Waals surface area (Å²) in [5.74, 6) is 0. The van der Waals surface area contributed by atoms with Crippen LogP contribution in [0.1, 0.15) is 30.9 Å². The lowest BCUT2D eigenvalue weighted by Gasteiger charge is -2.10. The summed E-state index contributed by atoms with van der Waals surface area (Å²) in [4.78, 5) is 0. The first-order chi connectivity index (χ1) is 7.22. The fourth-order valence-corrected chi connectivity index (χ4v) is 1.52. The van der Waals surface area contributed by atoms with Crippen molar-refractivity contribution in [3.63, 3.8) is 0 Å². The van der Waals surface area contributed by atoms with Crippen LogP contribution in [0, 0.1) is 6.92 Å². The summed E-state index contributed by atoms with van der Waals surface area (Å²) in [5, 5.41) is 12.8. The van der Waals surface area contributed by atoms with Crippen LogP contribution in [0.4, 0.5) is 0 Å². The molecule has 2 nitrogen and oxygen atoms in total. The highest BCUT2D eigenvalue weighted by molar-refractivity contribution is 5.20. The Morgan fingerprint density at radius 1 is 1.27 bits per heavy atom. The predicted molar refractivity (Wildman–Crippen MR) is 63.8 cm³/mol. The number of aliphatic hydroxyl groups is 1. The molecule has 0 spiro atoms. The molecule has 0 aliphatic rings. The van der Waals surface area contributed by atoms with Gasteiger partial charge in [0.15, 0.2) is 0 Å². The van der Waals surface area contributed by atoms with Crippen molar-refractivity contribution < 1.29 is 5.11 Å². The van der Waals surface area contributed by atoms with E-state index in [0.717, 1.165) is 19.4 Å². The van der Waals surface area contributed by atoms with E-state index in [1.807, 2.05) is 0 Å². The van der Waals surface area contributed by atoms with E-state index >= 15 is 0 Å². The molecule has 2 heteroatoms. The zero-order valence-corrected chi connectivity index (χ0v) is 9.66. The monoisotopic (exact) mass is 207 g/mol.